The molecule has 6 heteroatoms. The van der Waals surface area contributed by atoms with Crippen molar-refractivity contribution in [2.45, 2.75) is 6.23 Å². The molecule has 1 unspecified atom stereocenters. The fourth-order valence-corrected chi connectivity index (χ4v) is 1.53. The van der Waals surface area contributed by atoms with Crippen molar-refractivity contribution in [1.29, 1.82) is 0 Å². The van der Waals surface area contributed by atoms with E-state index in [0.29, 0.717) is 16.5 Å². The summed E-state index contributed by atoms with van der Waals surface area (Å²) in [4.78, 5) is 12.2. The van der Waals surface area contributed by atoms with E-state index in [4.69, 9.17) is 11.6 Å². The van der Waals surface area contributed by atoms with Gasteiger partial charge in [0.2, 0.25) is 0 Å². The third kappa shape index (κ3) is 2.76. The first-order chi connectivity index (χ1) is 8.20. The number of nitrogens with one attached hydrogen (secondary N) is 1. The van der Waals surface area contributed by atoms with Gasteiger partial charge < -0.3 is 5.11 Å². The maximum Gasteiger partial charge on any atom is 0.148 e. The van der Waals surface area contributed by atoms with E-state index in [1.807, 2.05) is 0 Å². The standard InChI is InChI=1S/C11H11ClN4O/c1-13-11(17)8-4-7(2-3-15-8)9-5-14-6-10(12)16-9/h2-6,11,13,17H,1H3. The Morgan fingerprint density at radius 3 is 2.94 bits per heavy atom. The smallest absolute Gasteiger partial charge is 0.148 e. The monoisotopic (exact) mass is 250 g/mol. The van der Waals surface area contributed by atoms with Crippen LogP contribution in [0.25, 0.3) is 11.3 Å². The second-order valence-corrected chi connectivity index (χ2v) is 3.77. The van der Waals surface area contributed by atoms with Crippen LogP contribution in [-0.2, 0) is 0 Å². The molecule has 88 valence electrons. The molecule has 0 radical (unpaired) electrons. The van der Waals surface area contributed by atoms with Crippen LogP contribution in [0.1, 0.15) is 11.9 Å². The number of rotatable bonds is 3. The number of hydrogen-bond donors (Lipinski definition) is 2. The number of aromatic nitrogens is 3. The number of aliphatic hydroxyl groups is 1. The normalized spacial score (nSPS) is 12.4. The van der Waals surface area contributed by atoms with Gasteiger partial charge in [-0.1, -0.05) is 11.6 Å². The van der Waals surface area contributed by atoms with E-state index in [1.165, 1.54) is 6.20 Å². The first kappa shape index (κ1) is 11.9. The third-order valence-corrected chi connectivity index (χ3v) is 2.42. The molecule has 5 nitrogen and oxygen atoms in total. The summed E-state index contributed by atoms with van der Waals surface area (Å²) in [5.74, 6) is 0. The quantitative estimate of drug-likeness (QED) is 0.806. The number of nitrogens with zero attached hydrogens (tertiary/aromatic N) is 3. The fraction of sp³-hybridized carbons (Fsp3) is 0.182. The van der Waals surface area contributed by atoms with Crippen LogP contribution < -0.4 is 5.32 Å². The summed E-state index contributed by atoms with van der Waals surface area (Å²) in [6.45, 7) is 0. The predicted molar refractivity (Wildman–Crippen MR) is 64.3 cm³/mol. The van der Waals surface area contributed by atoms with Crippen molar-refractivity contribution in [3.05, 3.63) is 41.6 Å². The number of hydrogen-bond acceptors (Lipinski definition) is 5. The van der Waals surface area contributed by atoms with E-state index in [2.05, 4.69) is 20.3 Å². The molecule has 0 bridgehead atoms. The fourth-order valence-electron chi connectivity index (χ4n) is 1.39. The lowest BCUT2D eigenvalue weighted by Gasteiger charge is -2.09. The molecule has 2 N–H and O–H groups in total. The third-order valence-electron chi connectivity index (χ3n) is 2.24. The van der Waals surface area contributed by atoms with Crippen LogP contribution in [-0.4, -0.2) is 27.1 Å². The van der Waals surface area contributed by atoms with E-state index < -0.39 is 6.23 Å². The molecular formula is C11H11ClN4O. The molecule has 0 fully saturated rings. The minimum Gasteiger partial charge on any atom is -0.373 e. The van der Waals surface area contributed by atoms with Crippen LogP contribution in [0.3, 0.4) is 0 Å². The van der Waals surface area contributed by atoms with Gasteiger partial charge in [-0.15, -0.1) is 0 Å². The summed E-state index contributed by atoms with van der Waals surface area (Å²) in [6, 6.07) is 3.52. The summed E-state index contributed by atoms with van der Waals surface area (Å²) in [7, 11) is 1.65. The molecule has 0 spiro atoms. The first-order valence-corrected chi connectivity index (χ1v) is 5.37. The first-order valence-electron chi connectivity index (χ1n) is 5.00. The van der Waals surface area contributed by atoms with Crippen LogP contribution in [0.4, 0.5) is 0 Å². The van der Waals surface area contributed by atoms with Gasteiger partial charge in [-0.2, -0.15) is 0 Å². The van der Waals surface area contributed by atoms with E-state index in [1.54, 1.807) is 31.6 Å². The molecular weight excluding hydrogens is 240 g/mol. The Balaban J connectivity index is 2.39. The molecule has 1 atom stereocenters. The summed E-state index contributed by atoms with van der Waals surface area (Å²) < 4.78 is 0. The van der Waals surface area contributed by atoms with Gasteiger partial charge in [-0.05, 0) is 19.2 Å². The topological polar surface area (TPSA) is 70.9 Å². The van der Waals surface area contributed by atoms with Crippen molar-refractivity contribution in [3.8, 4) is 11.3 Å². The lowest BCUT2D eigenvalue weighted by Crippen LogP contribution is -2.16. The van der Waals surface area contributed by atoms with E-state index in [9.17, 15) is 5.11 Å². The Bertz CT molecular complexity index is 520. The van der Waals surface area contributed by atoms with Crippen LogP contribution in [0.2, 0.25) is 5.15 Å². The number of aliphatic hydroxyl groups excluding tert-OH is 1. The molecule has 0 aliphatic rings. The summed E-state index contributed by atoms with van der Waals surface area (Å²) in [5, 5.41) is 12.7. The zero-order valence-electron chi connectivity index (χ0n) is 9.13. The minimum atomic E-state index is -0.804. The Morgan fingerprint density at radius 2 is 2.24 bits per heavy atom. The average Bonchev–Trinajstić information content (AvgIpc) is 2.38. The van der Waals surface area contributed by atoms with Crippen LogP contribution in [0.5, 0.6) is 0 Å². The number of pyridine rings is 1. The second-order valence-electron chi connectivity index (χ2n) is 3.39. The molecule has 0 aliphatic carbocycles. The predicted octanol–water partition coefficient (Wildman–Crippen LogP) is 1.40. The zero-order valence-corrected chi connectivity index (χ0v) is 9.89. The Labute approximate surface area is 104 Å². The summed E-state index contributed by atoms with van der Waals surface area (Å²) in [5.41, 5.74) is 1.97. The van der Waals surface area contributed by atoms with Crippen LogP contribution in [0, 0.1) is 0 Å². The molecule has 0 saturated heterocycles. The highest BCUT2D eigenvalue weighted by Crippen LogP contribution is 2.19. The molecule has 0 aromatic carbocycles. The van der Waals surface area contributed by atoms with Gasteiger partial charge in [0.1, 0.15) is 11.4 Å². The van der Waals surface area contributed by atoms with Crippen molar-refractivity contribution >= 4 is 11.6 Å². The summed E-state index contributed by atoms with van der Waals surface area (Å²) >= 11 is 5.77. The van der Waals surface area contributed by atoms with Gasteiger partial charge in [-0.3, -0.25) is 15.3 Å². The molecule has 2 heterocycles. The summed E-state index contributed by atoms with van der Waals surface area (Å²) in [6.07, 6.45) is 3.88. The van der Waals surface area contributed by atoms with E-state index in [-0.39, 0.29) is 0 Å². The van der Waals surface area contributed by atoms with E-state index in [0.717, 1.165) is 5.56 Å². The molecule has 2 aromatic heterocycles. The van der Waals surface area contributed by atoms with Gasteiger partial charge in [0.25, 0.3) is 0 Å². The number of halogens is 1. The van der Waals surface area contributed by atoms with Crippen LogP contribution >= 0.6 is 11.6 Å². The van der Waals surface area contributed by atoms with Crippen molar-refractivity contribution in [2.24, 2.45) is 0 Å². The van der Waals surface area contributed by atoms with Crippen molar-refractivity contribution < 1.29 is 5.11 Å². The van der Waals surface area contributed by atoms with Gasteiger partial charge in [0.05, 0.1) is 23.8 Å². The van der Waals surface area contributed by atoms with Crippen molar-refractivity contribution in [1.82, 2.24) is 20.3 Å². The van der Waals surface area contributed by atoms with Crippen LogP contribution in [0.15, 0.2) is 30.7 Å². The molecule has 17 heavy (non-hydrogen) atoms. The lowest BCUT2D eigenvalue weighted by atomic mass is 10.1. The van der Waals surface area contributed by atoms with Crippen molar-refractivity contribution in [3.63, 3.8) is 0 Å². The molecule has 2 rings (SSSR count). The van der Waals surface area contributed by atoms with E-state index >= 15 is 0 Å². The van der Waals surface area contributed by atoms with Gasteiger partial charge >= 0.3 is 0 Å². The highest BCUT2D eigenvalue weighted by atomic mass is 35.5. The zero-order chi connectivity index (χ0) is 12.3. The average molecular weight is 251 g/mol. The highest BCUT2D eigenvalue weighted by Gasteiger charge is 2.08. The molecule has 2 aromatic rings. The Hall–Kier alpha value is -1.56. The maximum atomic E-state index is 9.62. The minimum absolute atomic E-state index is 0.329. The Morgan fingerprint density at radius 1 is 1.41 bits per heavy atom. The Kier molecular flexibility index (Phi) is 3.63. The van der Waals surface area contributed by atoms with Gasteiger partial charge in [0, 0.05) is 11.8 Å². The van der Waals surface area contributed by atoms with Gasteiger partial charge in [-0.25, -0.2) is 4.98 Å². The highest BCUT2D eigenvalue weighted by molar-refractivity contribution is 6.29. The van der Waals surface area contributed by atoms with Crippen molar-refractivity contribution in [2.75, 3.05) is 7.05 Å². The maximum absolute atomic E-state index is 9.62. The molecule has 0 aliphatic heterocycles. The lowest BCUT2D eigenvalue weighted by molar-refractivity contribution is 0.144. The molecule has 0 saturated carbocycles. The largest absolute Gasteiger partial charge is 0.373 e. The van der Waals surface area contributed by atoms with Gasteiger partial charge in [0.15, 0.2) is 0 Å². The second kappa shape index (κ2) is 5.18. The SMILES string of the molecule is CNC(O)c1cc(-c2cncc(Cl)n2)ccn1. The molecule has 0 amide bonds.